The number of ether oxygens (including phenoxy) is 1. The van der Waals surface area contributed by atoms with Gasteiger partial charge in [-0.25, -0.2) is 21.5 Å². The van der Waals surface area contributed by atoms with E-state index in [0.29, 0.717) is 17.4 Å². The van der Waals surface area contributed by atoms with Crippen molar-refractivity contribution in [2.45, 2.75) is 32.3 Å². The number of oxime groups is 1. The summed E-state index contributed by atoms with van der Waals surface area (Å²) in [7, 11) is 2.97. The molecule has 0 unspecified atom stereocenters. The zero-order valence-corrected chi connectivity index (χ0v) is 18.8. The van der Waals surface area contributed by atoms with Crippen molar-refractivity contribution in [3.8, 4) is 5.75 Å². The maximum Gasteiger partial charge on any atom is 0.352 e. The van der Waals surface area contributed by atoms with Crippen molar-refractivity contribution in [2.75, 3.05) is 19.2 Å². The number of carbonyl (C=O) groups excluding carboxylic acids is 1. The second kappa shape index (κ2) is 9.46. The third-order valence-electron chi connectivity index (χ3n) is 4.92. The Kier molecular flexibility index (Phi) is 6.96. The van der Waals surface area contributed by atoms with E-state index in [1.54, 1.807) is 6.07 Å². The minimum Gasteiger partial charge on any atom is -0.488 e. The fraction of sp³-hybridized carbons (Fsp3) is 0.333. The molecule has 0 heterocycles. The van der Waals surface area contributed by atoms with Crippen molar-refractivity contribution in [2.24, 2.45) is 16.8 Å². The van der Waals surface area contributed by atoms with Gasteiger partial charge in [0.2, 0.25) is 0 Å². The van der Waals surface area contributed by atoms with Gasteiger partial charge in [0.15, 0.2) is 0 Å². The minimum atomic E-state index is -0.511. The average Bonchev–Trinajstić information content (AvgIpc) is 3.57. The van der Waals surface area contributed by atoms with Crippen LogP contribution < -0.4 is 21.4 Å². The summed E-state index contributed by atoms with van der Waals surface area (Å²) in [6.45, 7) is 2.13. The van der Waals surface area contributed by atoms with Crippen LogP contribution in [0.5, 0.6) is 5.75 Å². The number of urea groups is 1. The van der Waals surface area contributed by atoms with Gasteiger partial charge in [-0.05, 0) is 71.4 Å². The molecule has 30 heavy (non-hydrogen) atoms. The molecule has 0 aliphatic heterocycles. The standard InChI is InChI=1S/C21H26BrN5O3/c1-13(25-29-3)15-9-10-20(18(22)11-15)30-12-17-16(14-7-8-14)5-4-6-19(17)27(24)21(28)26(2)23/h4-6,9-11,14H,7-8,12,23-24H2,1-3H3. The molecule has 0 spiro atoms. The molecule has 0 bridgehead atoms. The van der Waals surface area contributed by atoms with Crippen LogP contribution in [-0.2, 0) is 11.4 Å². The minimum absolute atomic E-state index is 0.264. The molecule has 2 amide bonds. The highest BCUT2D eigenvalue weighted by Crippen LogP contribution is 2.44. The van der Waals surface area contributed by atoms with Gasteiger partial charge in [0.05, 0.1) is 15.9 Å². The highest BCUT2D eigenvalue weighted by molar-refractivity contribution is 9.10. The molecule has 0 atom stereocenters. The number of hydrogen-bond acceptors (Lipinski definition) is 6. The predicted octanol–water partition coefficient (Wildman–Crippen LogP) is 3.88. The first-order chi connectivity index (χ1) is 14.3. The molecule has 2 aromatic carbocycles. The van der Waals surface area contributed by atoms with E-state index in [-0.39, 0.29) is 6.61 Å². The third-order valence-corrected chi connectivity index (χ3v) is 5.54. The summed E-state index contributed by atoms with van der Waals surface area (Å²) in [6.07, 6.45) is 2.23. The van der Waals surface area contributed by atoms with E-state index in [9.17, 15) is 4.79 Å². The molecule has 0 aromatic heterocycles. The molecule has 0 saturated heterocycles. The molecule has 160 valence electrons. The summed E-state index contributed by atoms with van der Waals surface area (Å²) in [5.41, 5.74) is 4.28. The lowest BCUT2D eigenvalue weighted by atomic mass is 10.0. The summed E-state index contributed by atoms with van der Waals surface area (Å²) in [6, 6.07) is 11.0. The lowest BCUT2D eigenvalue weighted by Gasteiger charge is -2.25. The smallest absolute Gasteiger partial charge is 0.352 e. The van der Waals surface area contributed by atoms with Crippen molar-refractivity contribution in [1.82, 2.24) is 5.01 Å². The van der Waals surface area contributed by atoms with E-state index in [1.165, 1.54) is 14.2 Å². The van der Waals surface area contributed by atoms with Crippen LogP contribution in [0.1, 0.15) is 42.4 Å². The summed E-state index contributed by atoms with van der Waals surface area (Å²) in [4.78, 5) is 17.1. The second-order valence-corrected chi connectivity index (χ2v) is 8.03. The normalized spacial score (nSPS) is 13.7. The molecule has 2 aromatic rings. The largest absolute Gasteiger partial charge is 0.488 e. The van der Waals surface area contributed by atoms with Gasteiger partial charge in [0.1, 0.15) is 19.5 Å². The Labute approximate surface area is 184 Å². The number of nitrogens with two attached hydrogens (primary N) is 2. The lowest BCUT2D eigenvalue weighted by Crippen LogP contribution is -2.49. The Morgan fingerprint density at radius 3 is 2.60 bits per heavy atom. The predicted molar refractivity (Wildman–Crippen MR) is 120 cm³/mol. The fourth-order valence-electron chi connectivity index (χ4n) is 3.21. The molecule has 3 rings (SSSR count). The van der Waals surface area contributed by atoms with Gasteiger partial charge in [0, 0.05) is 18.2 Å². The molecular weight excluding hydrogens is 450 g/mol. The van der Waals surface area contributed by atoms with Gasteiger partial charge in [-0.3, -0.25) is 5.01 Å². The van der Waals surface area contributed by atoms with Gasteiger partial charge in [-0.15, -0.1) is 0 Å². The molecule has 9 heteroatoms. The zero-order chi connectivity index (χ0) is 21.8. The molecule has 1 saturated carbocycles. The number of benzene rings is 2. The number of carbonyl (C=O) groups is 1. The Balaban J connectivity index is 1.87. The number of nitrogens with zero attached hydrogens (tertiary/aromatic N) is 3. The van der Waals surface area contributed by atoms with E-state index in [1.807, 2.05) is 31.2 Å². The highest BCUT2D eigenvalue weighted by atomic mass is 79.9. The monoisotopic (exact) mass is 475 g/mol. The Hall–Kier alpha value is -2.62. The van der Waals surface area contributed by atoms with Crippen molar-refractivity contribution in [3.05, 3.63) is 57.6 Å². The average molecular weight is 476 g/mol. The first-order valence-electron chi connectivity index (χ1n) is 9.53. The maximum atomic E-state index is 12.3. The van der Waals surface area contributed by atoms with E-state index < -0.39 is 6.03 Å². The highest BCUT2D eigenvalue weighted by Gasteiger charge is 2.29. The van der Waals surface area contributed by atoms with E-state index in [4.69, 9.17) is 21.3 Å². The number of halogens is 1. The van der Waals surface area contributed by atoms with Crippen molar-refractivity contribution >= 4 is 33.4 Å². The topological polar surface area (TPSA) is 106 Å². The first kappa shape index (κ1) is 22.1. The Morgan fingerprint density at radius 2 is 2.00 bits per heavy atom. The zero-order valence-electron chi connectivity index (χ0n) is 17.3. The SMILES string of the molecule is CON=C(C)c1ccc(OCc2c(C3CC3)cccc2N(N)C(=O)N(C)N)c(Br)c1. The lowest BCUT2D eigenvalue weighted by molar-refractivity contribution is 0.213. The summed E-state index contributed by atoms with van der Waals surface area (Å²) in [5, 5.41) is 5.96. The maximum absolute atomic E-state index is 12.3. The first-order valence-corrected chi connectivity index (χ1v) is 10.3. The molecule has 1 aliphatic carbocycles. The Bertz CT molecular complexity index is 960. The molecule has 8 nitrogen and oxygen atoms in total. The van der Waals surface area contributed by atoms with Crippen LogP contribution in [0, 0.1) is 0 Å². The van der Waals surface area contributed by atoms with Gasteiger partial charge in [0.25, 0.3) is 0 Å². The van der Waals surface area contributed by atoms with Crippen LogP contribution in [0.25, 0.3) is 0 Å². The van der Waals surface area contributed by atoms with E-state index >= 15 is 0 Å². The molecule has 0 radical (unpaired) electrons. The molecule has 4 N–H and O–H groups in total. The van der Waals surface area contributed by atoms with Crippen molar-refractivity contribution in [1.29, 1.82) is 0 Å². The summed E-state index contributed by atoms with van der Waals surface area (Å²) in [5.74, 6) is 12.8. The third kappa shape index (κ3) is 4.92. The molecular formula is C21H26BrN5O3. The van der Waals surface area contributed by atoms with Crippen LogP contribution >= 0.6 is 15.9 Å². The molecule has 1 fully saturated rings. The van der Waals surface area contributed by atoms with Crippen LogP contribution in [0.4, 0.5) is 10.5 Å². The summed E-state index contributed by atoms with van der Waals surface area (Å²) < 4.78 is 6.90. The van der Waals surface area contributed by atoms with Crippen molar-refractivity contribution < 1.29 is 14.4 Å². The van der Waals surface area contributed by atoms with Crippen LogP contribution in [-0.4, -0.2) is 30.9 Å². The van der Waals surface area contributed by atoms with Crippen LogP contribution in [0.15, 0.2) is 46.0 Å². The van der Waals surface area contributed by atoms with Crippen LogP contribution in [0.2, 0.25) is 0 Å². The van der Waals surface area contributed by atoms with Crippen LogP contribution in [0.3, 0.4) is 0 Å². The van der Waals surface area contributed by atoms with Gasteiger partial charge >= 0.3 is 6.03 Å². The number of hydrogen-bond donors (Lipinski definition) is 2. The van der Waals surface area contributed by atoms with Gasteiger partial charge < -0.3 is 9.57 Å². The number of anilines is 1. The number of hydrazine groups is 2. The fourth-order valence-corrected chi connectivity index (χ4v) is 3.70. The molecule has 1 aliphatic rings. The van der Waals surface area contributed by atoms with Gasteiger partial charge in [-0.1, -0.05) is 17.3 Å². The van der Waals surface area contributed by atoms with E-state index in [2.05, 4.69) is 27.2 Å². The number of rotatable bonds is 7. The summed E-state index contributed by atoms with van der Waals surface area (Å²) >= 11 is 3.56. The quantitative estimate of drug-likeness (QED) is 0.273. The second-order valence-electron chi connectivity index (χ2n) is 7.18. The van der Waals surface area contributed by atoms with E-state index in [0.717, 1.165) is 49.7 Å². The van der Waals surface area contributed by atoms with Crippen molar-refractivity contribution in [3.63, 3.8) is 0 Å². The Morgan fingerprint density at radius 1 is 1.27 bits per heavy atom. The number of amides is 2. The van der Waals surface area contributed by atoms with Gasteiger partial charge in [-0.2, -0.15) is 0 Å².